The van der Waals surface area contributed by atoms with Crippen molar-refractivity contribution in [2.75, 3.05) is 7.05 Å². The largest absolute Gasteiger partial charge is 0.368 e. The second kappa shape index (κ2) is 8.96. The summed E-state index contributed by atoms with van der Waals surface area (Å²) >= 11 is 0. The average Bonchev–Trinajstić information content (AvgIpc) is 3.01. The first-order valence-electron chi connectivity index (χ1n) is 9.69. The van der Waals surface area contributed by atoms with Gasteiger partial charge in [-0.3, -0.25) is 24.4 Å². The van der Waals surface area contributed by atoms with Gasteiger partial charge in [-0.15, -0.1) is 0 Å². The molecule has 1 aromatic heterocycles. The van der Waals surface area contributed by atoms with E-state index in [1.807, 2.05) is 0 Å². The molecule has 1 unspecified atom stereocenters. The lowest BCUT2D eigenvalue weighted by atomic mass is 10.0. The monoisotopic (exact) mass is 439 g/mol. The lowest BCUT2D eigenvalue weighted by Gasteiger charge is -2.26. The van der Waals surface area contributed by atoms with E-state index < -0.39 is 28.6 Å². The number of nitrogens with zero attached hydrogens (tertiary/aromatic N) is 4. The standard InChI is InChI=1S/C22H22FN5O4/c1-13-19(28(31)32)14(2)27(25-13)12-15-7-9-16(10-8-15)22(30)26(3)20(21(24)29)17-5-4-6-18(23)11-17/h4-11,20H,12H2,1-3H3,(H2,24,29). The molecule has 0 aliphatic carbocycles. The molecule has 0 fully saturated rings. The van der Waals surface area contributed by atoms with Crippen molar-refractivity contribution in [2.24, 2.45) is 5.73 Å². The Balaban J connectivity index is 1.81. The third-order valence-corrected chi connectivity index (χ3v) is 5.20. The fourth-order valence-electron chi connectivity index (χ4n) is 3.61. The molecule has 9 nitrogen and oxygen atoms in total. The van der Waals surface area contributed by atoms with Crippen LogP contribution in [0.2, 0.25) is 0 Å². The molecule has 0 saturated carbocycles. The maximum Gasteiger partial charge on any atom is 0.312 e. The molecule has 1 heterocycles. The second-order valence-electron chi connectivity index (χ2n) is 7.41. The van der Waals surface area contributed by atoms with E-state index in [2.05, 4.69) is 5.10 Å². The summed E-state index contributed by atoms with van der Waals surface area (Å²) in [6.45, 7) is 3.49. The lowest BCUT2D eigenvalue weighted by Crippen LogP contribution is -2.39. The molecule has 0 bridgehead atoms. The predicted molar refractivity (Wildman–Crippen MR) is 114 cm³/mol. The Morgan fingerprint density at radius 1 is 1.22 bits per heavy atom. The molecule has 2 aromatic carbocycles. The summed E-state index contributed by atoms with van der Waals surface area (Å²) < 4.78 is 15.1. The number of halogens is 1. The average molecular weight is 439 g/mol. The van der Waals surface area contributed by atoms with Crippen LogP contribution in [0, 0.1) is 29.8 Å². The van der Waals surface area contributed by atoms with Gasteiger partial charge in [0.25, 0.3) is 5.91 Å². The van der Waals surface area contributed by atoms with Crippen molar-refractivity contribution in [1.29, 1.82) is 0 Å². The number of hydrogen-bond donors (Lipinski definition) is 1. The number of nitrogens with two attached hydrogens (primary N) is 1. The number of likely N-dealkylation sites (N-methyl/N-ethyl adjacent to an activating group) is 1. The number of hydrogen-bond acceptors (Lipinski definition) is 5. The molecule has 0 radical (unpaired) electrons. The molecule has 2 N–H and O–H groups in total. The van der Waals surface area contributed by atoms with Crippen LogP contribution in [0.3, 0.4) is 0 Å². The van der Waals surface area contributed by atoms with Crippen molar-refractivity contribution in [3.8, 4) is 0 Å². The van der Waals surface area contributed by atoms with Crippen molar-refractivity contribution >= 4 is 17.5 Å². The molecule has 3 aromatic rings. The molecular formula is C22H22FN5O4. The molecule has 1 atom stereocenters. The predicted octanol–water partition coefficient (Wildman–Crippen LogP) is 2.89. The van der Waals surface area contributed by atoms with Crippen LogP contribution in [0.1, 0.15) is 38.9 Å². The van der Waals surface area contributed by atoms with Crippen LogP contribution in [0.4, 0.5) is 10.1 Å². The van der Waals surface area contributed by atoms with Gasteiger partial charge in [-0.25, -0.2) is 4.39 Å². The van der Waals surface area contributed by atoms with E-state index in [-0.39, 0.29) is 17.8 Å². The minimum absolute atomic E-state index is 0.0201. The third kappa shape index (κ3) is 4.48. The van der Waals surface area contributed by atoms with E-state index in [1.54, 1.807) is 38.1 Å². The molecule has 0 aliphatic heterocycles. The lowest BCUT2D eigenvalue weighted by molar-refractivity contribution is -0.386. The SMILES string of the molecule is Cc1nn(Cc2ccc(C(=O)N(C)C(C(N)=O)c3cccc(F)c3)cc2)c(C)c1[N+](=O)[O-]. The zero-order chi connectivity index (χ0) is 23.6. The van der Waals surface area contributed by atoms with Crippen LogP contribution in [0.15, 0.2) is 48.5 Å². The summed E-state index contributed by atoms with van der Waals surface area (Å²) in [6.07, 6.45) is 0. The molecule has 0 spiro atoms. The molecule has 0 aliphatic rings. The van der Waals surface area contributed by atoms with E-state index in [1.165, 1.54) is 29.9 Å². The number of benzene rings is 2. The molecule has 10 heteroatoms. The smallest absolute Gasteiger partial charge is 0.312 e. The minimum atomic E-state index is -1.13. The van der Waals surface area contributed by atoms with E-state index in [9.17, 15) is 24.1 Å². The van der Waals surface area contributed by atoms with Crippen LogP contribution < -0.4 is 5.73 Å². The summed E-state index contributed by atoms with van der Waals surface area (Å²) in [5.41, 5.74) is 7.59. The van der Waals surface area contributed by atoms with Gasteiger partial charge in [-0.1, -0.05) is 24.3 Å². The van der Waals surface area contributed by atoms with Crippen LogP contribution in [-0.2, 0) is 11.3 Å². The number of aromatic nitrogens is 2. The molecule has 2 amide bonds. The molecule has 166 valence electrons. The fourth-order valence-corrected chi connectivity index (χ4v) is 3.61. The highest BCUT2D eigenvalue weighted by Crippen LogP contribution is 2.24. The Kier molecular flexibility index (Phi) is 6.33. The third-order valence-electron chi connectivity index (χ3n) is 5.20. The van der Waals surface area contributed by atoms with Crippen LogP contribution in [0.5, 0.6) is 0 Å². The minimum Gasteiger partial charge on any atom is -0.368 e. The first-order chi connectivity index (χ1) is 15.1. The van der Waals surface area contributed by atoms with Crippen LogP contribution in [0.25, 0.3) is 0 Å². The number of primary amides is 1. The highest BCUT2D eigenvalue weighted by Gasteiger charge is 2.28. The van der Waals surface area contributed by atoms with Crippen molar-refractivity contribution in [3.05, 3.63) is 92.5 Å². The number of carbonyl (C=O) groups is 2. The van der Waals surface area contributed by atoms with E-state index in [4.69, 9.17) is 5.73 Å². The van der Waals surface area contributed by atoms with Crippen molar-refractivity contribution < 1.29 is 18.9 Å². The quantitative estimate of drug-likeness (QED) is 0.448. The Hall–Kier alpha value is -4.08. The van der Waals surface area contributed by atoms with Crippen molar-refractivity contribution in [1.82, 2.24) is 14.7 Å². The summed E-state index contributed by atoms with van der Waals surface area (Å²) in [5.74, 6) is -1.79. The van der Waals surface area contributed by atoms with Gasteiger partial charge in [0.1, 0.15) is 23.2 Å². The number of carbonyl (C=O) groups excluding carboxylic acids is 2. The van der Waals surface area contributed by atoms with Gasteiger partial charge >= 0.3 is 5.69 Å². The maximum absolute atomic E-state index is 13.6. The van der Waals surface area contributed by atoms with Crippen molar-refractivity contribution in [2.45, 2.75) is 26.4 Å². The topological polar surface area (TPSA) is 124 Å². The van der Waals surface area contributed by atoms with E-state index in [0.29, 0.717) is 17.0 Å². The molecule has 32 heavy (non-hydrogen) atoms. The molecule has 3 rings (SSSR count). The van der Waals surface area contributed by atoms with Gasteiger partial charge in [-0.2, -0.15) is 5.10 Å². The van der Waals surface area contributed by atoms with Crippen LogP contribution >= 0.6 is 0 Å². The van der Waals surface area contributed by atoms with Crippen LogP contribution in [-0.4, -0.2) is 38.5 Å². The van der Waals surface area contributed by atoms with Gasteiger partial charge in [0.05, 0.1) is 11.5 Å². The fraction of sp³-hybridized carbons (Fsp3) is 0.227. The summed E-state index contributed by atoms with van der Waals surface area (Å²) in [5, 5.41) is 15.4. The number of aryl methyl sites for hydroxylation is 1. The zero-order valence-corrected chi connectivity index (χ0v) is 17.8. The van der Waals surface area contributed by atoms with E-state index in [0.717, 1.165) is 16.5 Å². The molecular weight excluding hydrogens is 417 g/mol. The Morgan fingerprint density at radius 3 is 2.41 bits per heavy atom. The van der Waals surface area contributed by atoms with Crippen molar-refractivity contribution in [3.63, 3.8) is 0 Å². The number of amides is 2. The first kappa shape index (κ1) is 22.6. The summed E-state index contributed by atoms with van der Waals surface area (Å²) in [6, 6.07) is 10.8. The normalized spacial score (nSPS) is 11.8. The summed E-state index contributed by atoms with van der Waals surface area (Å²) in [7, 11) is 1.42. The van der Waals surface area contributed by atoms with Gasteiger partial charge < -0.3 is 10.6 Å². The Labute approximate surface area is 183 Å². The van der Waals surface area contributed by atoms with Gasteiger partial charge in [0, 0.05) is 12.6 Å². The van der Waals surface area contributed by atoms with Gasteiger partial charge in [0.2, 0.25) is 5.91 Å². The second-order valence-corrected chi connectivity index (χ2v) is 7.41. The van der Waals surface area contributed by atoms with E-state index >= 15 is 0 Å². The highest BCUT2D eigenvalue weighted by molar-refractivity contribution is 5.97. The number of rotatable bonds is 7. The number of nitro groups is 1. The molecule has 0 saturated heterocycles. The Morgan fingerprint density at radius 2 is 1.88 bits per heavy atom. The summed E-state index contributed by atoms with van der Waals surface area (Å²) in [4.78, 5) is 36.8. The zero-order valence-electron chi connectivity index (χ0n) is 17.8. The first-order valence-corrected chi connectivity index (χ1v) is 9.69. The highest BCUT2D eigenvalue weighted by atomic mass is 19.1. The Bertz CT molecular complexity index is 1190. The van der Waals surface area contributed by atoms with Gasteiger partial charge in [0.15, 0.2) is 0 Å². The maximum atomic E-state index is 13.6. The van der Waals surface area contributed by atoms with Gasteiger partial charge in [-0.05, 0) is 49.2 Å².